The molecule has 0 aliphatic heterocycles. The zero-order chi connectivity index (χ0) is 16.7. The van der Waals surface area contributed by atoms with Crippen LogP contribution in [0.2, 0.25) is 0 Å². The van der Waals surface area contributed by atoms with Crippen LogP contribution >= 0.6 is 0 Å². The highest BCUT2D eigenvalue weighted by Gasteiger charge is 2.14. The van der Waals surface area contributed by atoms with E-state index < -0.39 is 4.92 Å². The molecule has 0 atom stereocenters. The molecule has 0 bridgehead atoms. The molecule has 0 unspecified atom stereocenters. The third kappa shape index (κ3) is 4.51. The van der Waals surface area contributed by atoms with Crippen LogP contribution in [-0.2, 0) is 0 Å². The van der Waals surface area contributed by atoms with Gasteiger partial charge >= 0.3 is 0 Å². The minimum atomic E-state index is -0.459. The minimum absolute atomic E-state index is 0.0255. The van der Waals surface area contributed by atoms with Crippen LogP contribution in [-0.4, -0.2) is 28.1 Å². The van der Waals surface area contributed by atoms with Crippen molar-refractivity contribution in [2.24, 2.45) is 0 Å². The van der Waals surface area contributed by atoms with Crippen LogP contribution in [0.1, 0.15) is 39.5 Å². The number of unbranched alkanes of at least 4 members (excludes halogenated alkanes) is 3. The summed E-state index contributed by atoms with van der Waals surface area (Å²) in [7, 11) is 0. The Morgan fingerprint density at radius 1 is 1.04 bits per heavy atom. The van der Waals surface area contributed by atoms with Gasteiger partial charge in [0.05, 0.1) is 29.2 Å². The first-order chi connectivity index (χ1) is 11.2. The van der Waals surface area contributed by atoms with E-state index in [2.05, 4.69) is 16.9 Å². The molecule has 0 saturated heterocycles. The van der Waals surface area contributed by atoms with E-state index in [0.717, 1.165) is 12.8 Å². The second-order valence-electron chi connectivity index (χ2n) is 5.11. The monoisotopic (exact) mass is 319 g/mol. The van der Waals surface area contributed by atoms with Crippen LogP contribution < -0.4 is 9.47 Å². The molecule has 0 aliphatic carbocycles. The van der Waals surface area contributed by atoms with Gasteiger partial charge in [0, 0.05) is 12.1 Å². The summed E-state index contributed by atoms with van der Waals surface area (Å²) in [6.45, 7) is 4.96. The number of ether oxygens (including phenoxy) is 2. The van der Waals surface area contributed by atoms with Crippen LogP contribution in [0, 0.1) is 10.1 Å². The first-order valence-corrected chi connectivity index (χ1v) is 7.87. The Balaban J connectivity index is 2.22. The summed E-state index contributed by atoms with van der Waals surface area (Å²) in [4.78, 5) is 19.1. The van der Waals surface area contributed by atoms with E-state index in [0.29, 0.717) is 30.1 Å². The summed E-state index contributed by atoms with van der Waals surface area (Å²) in [6.07, 6.45) is 4.39. The average molecular weight is 319 g/mol. The van der Waals surface area contributed by atoms with Gasteiger partial charge in [0.1, 0.15) is 0 Å². The van der Waals surface area contributed by atoms with Gasteiger partial charge in [0.2, 0.25) is 0 Å². The molecule has 0 radical (unpaired) electrons. The van der Waals surface area contributed by atoms with Gasteiger partial charge in [-0.25, -0.2) is 9.97 Å². The summed E-state index contributed by atoms with van der Waals surface area (Å²) >= 11 is 0. The maximum atomic E-state index is 10.9. The predicted octanol–water partition coefficient (Wildman–Crippen LogP) is 3.90. The third-order valence-corrected chi connectivity index (χ3v) is 3.31. The summed E-state index contributed by atoms with van der Waals surface area (Å²) in [5, 5.41) is 10.9. The van der Waals surface area contributed by atoms with Crippen LogP contribution in [0.15, 0.2) is 18.2 Å². The quantitative estimate of drug-likeness (QED) is 0.396. The summed E-state index contributed by atoms with van der Waals surface area (Å²) in [5.74, 6) is 0.612. The molecule has 7 nitrogen and oxygen atoms in total. The van der Waals surface area contributed by atoms with Crippen molar-refractivity contribution in [3.8, 4) is 11.8 Å². The molecule has 1 heterocycles. The first kappa shape index (κ1) is 16.9. The van der Waals surface area contributed by atoms with Gasteiger partial charge in [-0.2, -0.15) is 0 Å². The number of benzene rings is 1. The molecule has 0 aliphatic rings. The zero-order valence-electron chi connectivity index (χ0n) is 13.4. The lowest BCUT2D eigenvalue weighted by Crippen LogP contribution is -2.05. The van der Waals surface area contributed by atoms with Gasteiger partial charge < -0.3 is 9.47 Å². The number of hydrogen-bond donors (Lipinski definition) is 0. The van der Waals surface area contributed by atoms with Gasteiger partial charge in [-0.05, 0) is 19.4 Å². The Morgan fingerprint density at radius 2 is 1.78 bits per heavy atom. The molecule has 1 aromatic carbocycles. The molecule has 0 spiro atoms. The van der Waals surface area contributed by atoms with Crippen molar-refractivity contribution in [3.05, 3.63) is 28.3 Å². The normalized spacial score (nSPS) is 10.7. The second-order valence-corrected chi connectivity index (χ2v) is 5.11. The molecule has 2 rings (SSSR count). The summed E-state index contributed by atoms with van der Waals surface area (Å²) < 4.78 is 11.1. The molecule has 1 aromatic heterocycles. The lowest BCUT2D eigenvalue weighted by molar-refractivity contribution is -0.384. The largest absolute Gasteiger partial charge is 0.474 e. The fourth-order valence-electron chi connectivity index (χ4n) is 2.15. The van der Waals surface area contributed by atoms with E-state index in [1.54, 1.807) is 6.07 Å². The van der Waals surface area contributed by atoms with Crippen LogP contribution in [0.3, 0.4) is 0 Å². The Bertz CT molecular complexity index is 676. The molecule has 124 valence electrons. The van der Waals surface area contributed by atoms with E-state index >= 15 is 0 Å². The highest BCUT2D eigenvalue weighted by Crippen LogP contribution is 2.28. The van der Waals surface area contributed by atoms with Crippen LogP contribution in [0.4, 0.5) is 5.69 Å². The fraction of sp³-hybridized carbons (Fsp3) is 0.500. The highest BCUT2D eigenvalue weighted by molar-refractivity contribution is 5.78. The van der Waals surface area contributed by atoms with Gasteiger partial charge in [-0.3, -0.25) is 10.1 Å². The Kier molecular flexibility index (Phi) is 6.08. The first-order valence-electron chi connectivity index (χ1n) is 7.87. The van der Waals surface area contributed by atoms with E-state index in [1.807, 2.05) is 6.92 Å². The third-order valence-electron chi connectivity index (χ3n) is 3.31. The lowest BCUT2D eigenvalue weighted by atomic mass is 10.2. The van der Waals surface area contributed by atoms with Crippen LogP contribution in [0.5, 0.6) is 11.8 Å². The molecule has 0 saturated carbocycles. The van der Waals surface area contributed by atoms with Crippen molar-refractivity contribution >= 4 is 16.7 Å². The summed E-state index contributed by atoms with van der Waals surface area (Å²) in [6, 6.07) is 4.36. The molecular weight excluding hydrogens is 298 g/mol. The SMILES string of the molecule is CCCCCCOc1nc2ccc([N+](=O)[O-])cc2nc1OCC. The summed E-state index contributed by atoms with van der Waals surface area (Å²) in [5.41, 5.74) is 0.936. The van der Waals surface area contributed by atoms with Crippen molar-refractivity contribution in [1.82, 2.24) is 9.97 Å². The van der Waals surface area contributed by atoms with Crippen molar-refractivity contribution in [2.75, 3.05) is 13.2 Å². The minimum Gasteiger partial charge on any atom is -0.474 e. The number of nitrogens with zero attached hydrogens (tertiary/aromatic N) is 3. The van der Waals surface area contributed by atoms with Crippen molar-refractivity contribution in [1.29, 1.82) is 0 Å². The molecule has 2 aromatic rings. The van der Waals surface area contributed by atoms with Gasteiger partial charge in [-0.1, -0.05) is 26.2 Å². The molecule has 7 heteroatoms. The number of nitro groups is 1. The van der Waals surface area contributed by atoms with Gasteiger partial charge in [0.15, 0.2) is 0 Å². The van der Waals surface area contributed by atoms with Gasteiger partial charge in [-0.15, -0.1) is 0 Å². The van der Waals surface area contributed by atoms with Crippen LogP contribution in [0.25, 0.3) is 11.0 Å². The number of nitro benzene ring substituents is 1. The fourth-order valence-corrected chi connectivity index (χ4v) is 2.15. The molecule has 0 N–H and O–H groups in total. The number of hydrogen-bond acceptors (Lipinski definition) is 6. The van der Waals surface area contributed by atoms with E-state index in [-0.39, 0.29) is 11.6 Å². The molecule has 0 fully saturated rings. The zero-order valence-corrected chi connectivity index (χ0v) is 13.4. The second kappa shape index (κ2) is 8.26. The van der Waals surface area contributed by atoms with Crippen molar-refractivity contribution in [2.45, 2.75) is 39.5 Å². The lowest BCUT2D eigenvalue weighted by Gasteiger charge is -2.11. The molecular formula is C16H21N3O4. The Labute approximate surface area is 134 Å². The Hall–Kier alpha value is -2.44. The maximum absolute atomic E-state index is 10.9. The number of aromatic nitrogens is 2. The number of rotatable bonds is 9. The average Bonchev–Trinajstić information content (AvgIpc) is 2.54. The van der Waals surface area contributed by atoms with Gasteiger partial charge in [0.25, 0.3) is 17.4 Å². The highest BCUT2D eigenvalue weighted by atomic mass is 16.6. The maximum Gasteiger partial charge on any atom is 0.278 e. The smallest absolute Gasteiger partial charge is 0.278 e. The van der Waals surface area contributed by atoms with E-state index in [1.165, 1.54) is 25.0 Å². The Morgan fingerprint density at radius 3 is 2.48 bits per heavy atom. The number of non-ortho nitro benzene ring substituents is 1. The van der Waals surface area contributed by atoms with Crippen molar-refractivity contribution in [3.63, 3.8) is 0 Å². The van der Waals surface area contributed by atoms with E-state index in [9.17, 15) is 10.1 Å². The standard InChI is InChI=1S/C16H21N3O4/c1-3-5-6-7-10-23-16-15(22-4-2)18-14-11-12(19(20)21)8-9-13(14)17-16/h8-9,11H,3-7,10H2,1-2H3. The predicted molar refractivity (Wildman–Crippen MR) is 87.0 cm³/mol. The topological polar surface area (TPSA) is 87.4 Å². The number of fused-ring (bicyclic) bond motifs is 1. The van der Waals surface area contributed by atoms with Crippen molar-refractivity contribution < 1.29 is 14.4 Å². The molecule has 0 amide bonds. The molecule has 23 heavy (non-hydrogen) atoms. The van der Waals surface area contributed by atoms with E-state index in [4.69, 9.17) is 9.47 Å².